The second-order valence-corrected chi connectivity index (χ2v) is 5.65. The molecule has 1 aliphatic carbocycles. The van der Waals surface area contributed by atoms with E-state index in [1.807, 2.05) is 0 Å². The summed E-state index contributed by atoms with van der Waals surface area (Å²) in [5.41, 5.74) is 14.3. The Bertz CT molecular complexity index is 593. The summed E-state index contributed by atoms with van der Waals surface area (Å²) in [6, 6.07) is 13.4. The fourth-order valence-electron chi connectivity index (χ4n) is 3.36. The van der Waals surface area contributed by atoms with Crippen molar-refractivity contribution in [2.45, 2.75) is 32.6 Å². The van der Waals surface area contributed by atoms with Crippen molar-refractivity contribution in [3.63, 3.8) is 0 Å². The Morgan fingerprint density at radius 3 is 2.53 bits per heavy atom. The molecule has 0 spiro atoms. The first kappa shape index (κ1) is 12.4. The fraction of sp³-hybridized carbons (Fsp3) is 0.333. The lowest BCUT2D eigenvalue weighted by Crippen LogP contribution is -2.09. The van der Waals surface area contributed by atoms with Gasteiger partial charge in [0.05, 0.1) is 0 Å². The molecule has 1 unspecified atom stereocenters. The molecular weight excluding hydrogens is 230 g/mol. The summed E-state index contributed by atoms with van der Waals surface area (Å²) in [5, 5.41) is 0. The molecule has 2 aromatic carbocycles. The largest absolute Gasteiger partial charge is 0.330 e. The van der Waals surface area contributed by atoms with Crippen molar-refractivity contribution in [3.05, 3.63) is 58.7 Å². The number of aryl methyl sites for hydroxylation is 3. The molecule has 0 aliphatic heterocycles. The van der Waals surface area contributed by atoms with Crippen LogP contribution in [0.25, 0.3) is 11.1 Å². The van der Waals surface area contributed by atoms with Gasteiger partial charge < -0.3 is 5.73 Å². The maximum absolute atomic E-state index is 5.90. The molecule has 0 aromatic heterocycles. The minimum atomic E-state index is 0.555. The summed E-state index contributed by atoms with van der Waals surface area (Å²) < 4.78 is 0. The summed E-state index contributed by atoms with van der Waals surface area (Å²) in [4.78, 5) is 0. The summed E-state index contributed by atoms with van der Waals surface area (Å²) in [6.07, 6.45) is 2.40. The van der Waals surface area contributed by atoms with E-state index in [0.29, 0.717) is 5.92 Å². The molecule has 0 fully saturated rings. The van der Waals surface area contributed by atoms with Crippen molar-refractivity contribution in [3.8, 4) is 11.1 Å². The van der Waals surface area contributed by atoms with Crippen molar-refractivity contribution >= 4 is 0 Å². The molecule has 1 heteroatoms. The summed E-state index contributed by atoms with van der Waals surface area (Å²) in [6.45, 7) is 5.15. The Kier molecular flexibility index (Phi) is 3.16. The van der Waals surface area contributed by atoms with Crippen molar-refractivity contribution < 1.29 is 0 Å². The van der Waals surface area contributed by atoms with Gasteiger partial charge in [0, 0.05) is 0 Å². The van der Waals surface area contributed by atoms with Gasteiger partial charge in [-0.3, -0.25) is 0 Å². The van der Waals surface area contributed by atoms with E-state index in [2.05, 4.69) is 50.2 Å². The first-order valence-electron chi connectivity index (χ1n) is 7.10. The second kappa shape index (κ2) is 4.82. The topological polar surface area (TPSA) is 26.0 Å². The number of hydrogen-bond acceptors (Lipinski definition) is 1. The van der Waals surface area contributed by atoms with Gasteiger partial charge in [-0.1, -0.05) is 36.4 Å². The summed E-state index contributed by atoms with van der Waals surface area (Å²) in [7, 11) is 0. The average molecular weight is 251 g/mol. The minimum Gasteiger partial charge on any atom is -0.330 e. The highest BCUT2D eigenvalue weighted by atomic mass is 14.6. The highest BCUT2D eigenvalue weighted by molar-refractivity contribution is 5.72. The van der Waals surface area contributed by atoms with Gasteiger partial charge in [-0.15, -0.1) is 0 Å². The van der Waals surface area contributed by atoms with Gasteiger partial charge in [-0.2, -0.15) is 0 Å². The van der Waals surface area contributed by atoms with Gasteiger partial charge in [0.25, 0.3) is 0 Å². The third kappa shape index (κ3) is 2.08. The van der Waals surface area contributed by atoms with Crippen molar-refractivity contribution in [1.29, 1.82) is 0 Å². The second-order valence-electron chi connectivity index (χ2n) is 5.65. The van der Waals surface area contributed by atoms with Gasteiger partial charge in [0.2, 0.25) is 0 Å². The zero-order chi connectivity index (χ0) is 13.4. The van der Waals surface area contributed by atoms with E-state index in [1.54, 1.807) is 0 Å². The summed E-state index contributed by atoms with van der Waals surface area (Å²) in [5.74, 6) is 0.555. The highest BCUT2D eigenvalue weighted by Gasteiger charge is 2.21. The molecular formula is C18H21N. The molecule has 3 rings (SSSR count). The molecule has 0 bridgehead atoms. The van der Waals surface area contributed by atoms with E-state index in [1.165, 1.54) is 46.2 Å². The maximum Gasteiger partial charge on any atom is -0.000802 e. The van der Waals surface area contributed by atoms with Gasteiger partial charge >= 0.3 is 0 Å². The van der Waals surface area contributed by atoms with Gasteiger partial charge in [-0.25, -0.2) is 0 Å². The van der Waals surface area contributed by atoms with E-state index >= 15 is 0 Å². The Morgan fingerprint density at radius 2 is 1.84 bits per heavy atom. The predicted octanol–water partition coefficient (Wildman–Crippen LogP) is 3.96. The molecule has 1 atom stereocenters. The zero-order valence-electron chi connectivity index (χ0n) is 11.7. The molecule has 0 heterocycles. The smallest absolute Gasteiger partial charge is 0.000802 e. The number of nitrogens with two attached hydrogens (primary N) is 1. The van der Waals surface area contributed by atoms with Crippen LogP contribution >= 0.6 is 0 Å². The first-order chi connectivity index (χ1) is 9.20. The van der Waals surface area contributed by atoms with E-state index in [9.17, 15) is 0 Å². The lowest BCUT2D eigenvalue weighted by molar-refractivity contribution is 0.688. The van der Waals surface area contributed by atoms with Crippen LogP contribution in [0.15, 0.2) is 36.4 Å². The first-order valence-corrected chi connectivity index (χ1v) is 7.10. The normalized spacial score (nSPS) is 17.5. The molecule has 2 N–H and O–H groups in total. The Hall–Kier alpha value is -1.60. The Labute approximate surface area is 115 Å². The molecule has 19 heavy (non-hydrogen) atoms. The van der Waals surface area contributed by atoms with Crippen molar-refractivity contribution in [2.24, 2.45) is 5.73 Å². The van der Waals surface area contributed by atoms with Crippen LogP contribution in [0.2, 0.25) is 0 Å². The Balaban J connectivity index is 2.13. The van der Waals surface area contributed by atoms with Crippen LogP contribution in [0, 0.1) is 13.8 Å². The van der Waals surface area contributed by atoms with Crippen LogP contribution in [-0.2, 0) is 6.42 Å². The van der Waals surface area contributed by atoms with Gasteiger partial charge in [0.15, 0.2) is 0 Å². The molecule has 1 nitrogen and oxygen atoms in total. The third-order valence-electron chi connectivity index (χ3n) is 4.40. The fourth-order valence-corrected chi connectivity index (χ4v) is 3.36. The molecule has 0 saturated heterocycles. The molecule has 0 saturated carbocycles. The lowest BCUT2D eigenvalue weighted by atomic mass is 9.92. The predicted molar refractivity (Wildman–Crippen MR) is 81.5 cm³/mol. The number of benzene rings is 2. The van der Waals surface area contributed by atoms with E-state index in [-0.39, 0.29) is 0 Å². The lowest BCUT2D eigenvalue weighted by Gasteiger charge is -2.14. The van der Waals surface area contributed by atoms with Crippen molar-refractivity contribution in [2.75, 3.05) is 6.54 Å². The Morgan fingerprint density at radius 1 is 1.11 bits per heavy atom. The van der Waals surface area contributed by atoms with Crippen LogP contribution < -0.4 is 5.73 Å². The maximum atomic E-state index is 5.90. The SMILES string of the molecule is Cc1cccc(C)c1-c1ccc2c(c1)C(CN)CC2. The summed E-state index contributed by atoms with van der Waals surface area (Å²) >= 11 is 0. The van der Waals surface area contributed by atoms with E-state index in [0.717, 1.165) is 6.54 Å². The minimum absolute atomic E-state index is 0.555. The van der Waals surface area contributed by atoms with Crippen molar-refractivity contribution in [1.82, 2.24) is 0 Å². The monoisotopic (exact) mass is 251 g/mol. The van der Waals surface area contributed by atoms with E-state index in [4.69, 9.17) is 5.73 Å². The molecule has 0 amide bonds. The van der Waals surface area contributed by atoms with Crippen LogP contribution in [0.3, 0.4) is 0 Å². The third-order valence-corrected chi connectivity index (χ3v) is 4.40. The van der Waals surface area contributed by atoms with Crippen LogP contribution in [0.5, 0.6) is 0 Å². The highest BCUT2D eigenvalue weighted by Crippen LogP contribution is 2.36. The standard InChI is InChI=1S/C18H21N/c1-12-4-3-5-13(2)18(12)15-8-6-14-7-9-16(11-19)17(14)10-15/h3-6,8,10,16H,7,9,11,19H2,1-2H3. The van der Waals surface area contributed by atoms with E-state index < -0.39 is 0 Å². The molecule has 2 aromatic rings. The number of fused-ring (bicyclic) bond motifs is 1. The number of hydrogen-bond donors (Lipinski definition) is 1. The van der Waals surface area contributed by atoms with Crippen LogP contribution in [0.4, 0.5) is 0 Å². The van der Waals surface area contributed by atoms with Crippen LogP contribution in [0.1, 0.15) is 34.6 Å². The number of rotatable bonds is 2. The van der Waals surface area contributed by atoms with Gasteiger partial charge in [-0.05, 0) is 72.5 Å². The molecule has 0 radical (unpaired) electrons. The molecule has 98 valence electrons. The zero-order valence-corrected chi connectivity index (χ0v) is 11.7. The molecule has 1 aliphatic rings. The van der Waals surface area contributed by atoms with Gasteiger partial charge in [0.1, 0.15) is 0 Å². The van der Waals surface area contributed by atoms with Crippen LogP contribution in [-0.4, -0.2) is 6.54 Å². The quantitative estimate of drug-likeness (QED) is 0.859. The average Bonchev–Trinajstić information content (AvgIpc) is 2.81.